The lowest BCUT2D eigenvalue weighted by atomic mass is 10.0. The van der Waals surface area contributed by atoms with E-state index in [2.05, 4.69) is 49.6 Å². The van der Waals surface area contributed by atoms with Gasteiger partial charge in [0.25, 0.3) is 0 Å². The van der Waals surface area contributed by atoms with Gasteiger partial charge in [0.2, 0.25) is 5.95 Å². The van der Waals surface area contributed by atoms with Gasteiger partial charge in [-0.25, -0.2) is 19.9 Å². The van der Waals surface area contributed by atoms with Crippen LogP contribution in [0.3, 0.4) is 0 Å². The van der Waals surface area contributed by atoms with E-state index in [9.17, 15) is 4.79 Å². The molecule has 1 unspecified atom stereocenters. The molecular weight excluding hydrogens is 440 g/mol. The van der Waals surface area contributed by atoms with Crippen molar-refractivity contribution >= 4 is 29.0 Å². The number of carbonyl (C=O) groups excluding carboxylic acids is 1. The van der Waals surface area contributed by atoms with Crippen LogP contribution in [0.15, 0.2) is 71.6 Å². The van der Waals surface area contributed by atoms with Crippen LogP contribution in [0.25, 0.3) is 33.4 Å². The lowest BCUT2D eigenvalue weighted by molar-refractivity contribution is 0.112. The van der Waals surface area contributed by atoms with Crippen LogP contribution in [-0.4, -0.2) is 33.3 Å². The highest BCUT2D eigenvalue weighted by molar-refractivity contribution is 5.97. The van der Waals surface area contributed by atoms with Crippen LogP contribution < -0.4 is 10.6 Å². The van der Waals surface area contributed by atoms with Crippen molar-refractivity contribution < 1.29 is 9.21 Å². The highest BCUT2D eigenvalue weighted by atomic mass is 16.3. The van der Waals surface area contributed by atoms with Gasteiger partial charge in [-0.3, -0.25) is 4.79 Å². The molecule has 0 spiro atoms. The van der Waals surface area contributed by atoms with Gasteiger partial charge < -0.3 is 15.1 Å². The minimum absolute atomic E-state index is 0.00683. The van der Waals surface area contributed by atoms with Gasteiger partial charge in [-0.2, -0.15) is 0 Å². The van der Waals surface area contributed by atoms with Crippen LogP contribution >= 0.6 is 0 Å². The third kappa shape index (κ3) is 4.59. The van der Waals surface area contributed by atoms with E-state index in [0.717, 1.165) is 45.4 Å². The van der Waals surface area contributed by atoms with Gasteiger partial charge in [0.1, 0.15) is 23.5 Å². The summed E-state index contributed by atoms with van der Waals surface area (Å²) in [5.41, 5.74) is 5.93. The maximum atomic E-state index is 11.3. The number of aromatic nitrogens is 4. The largest absolute Gasteiger partial charge is 0.464 e. The van der Waals surface area contributed by atoms with Gasteiger partial charge >= 0.3 is 0 Å². The van der Waals surface area contributed by atoms with Gasteiger partial charge in [0.05, 0.1) is 11.3 Å². The van der Waals surface area contributed by atoms with Crippen molar-refractivity contribution in [2.45, 2.75) is 19.9 Å². The molecule has 0 aliphatic rings. The number of anilines is 2. The zero-order valence-electron chi connectivity index (χ0n) is 19.6. The number of furan rings is 1. The molecule has 5 aromatic rings. The standard InChI is InChI=1S/C27H24N6O2/c1-16(18-5-4-6-19(9-18)21-12-29-27(28-3)30-13-21)31-26-11-24(32-17(2)33-26)20-7-8-25-23(10-20)22(14-34)15-35-25/h4-16H,1-3H3,(H,28,29,30)(H,31,32,33). The first kappa shape index (κ1) is 22.2. The second kappa shape index (κ2) is 9.34. The third-order valence-electron chi connectivity index (χ3n) is 5.82. The number of hydrogen-bond acceptors (Lipinski definition) is 8. The van der Waals surface area contributed by atoms with Crippen molar-refractivity contribution in [1.29, 1.82) is 0 Å². The van der Waals surface area contributed by atoms with Crippen LogP contribution in [0.5, 0.6) is 0 Å². The second-order valence-electron chi connectivity index (χ2n) is 8.24. The molecule has 0 fully saturated rings. The fourth-order valence-electron chi connectivity index (χ4n) is 3.99. The second-order valence-corrected chi connectivity index (χ2v) is 8.24. The molecule has 0 aliphatic heterocycles. The van der Waals surface area contributed by atoms with Crippen molar-refractivity contribution in [3.8, 4) is 22.4 Å². The summed E-state index contributed by atoms with van der Waals surface area (Å²) in [6.07, 6.45) is 5.88. The minimum Gasteiger partial charge on any atom is -0.464 e. The molecule has 0 saturated carbocycles. The molecule has 2 N–H and O–H groups in total. The Hall–Kier alpha value is -4.59. The number of nitrogens with zero attached hydrogens (tertiary/aromatic N) is 4. The maximum absolute atomic E-state index is 11.3. The van der Waals surface area contributed by atoms with Gasteiger partial charge in [-0.15, -0.1) is 0 Å². The van der Waals surface area contributed by atoms with E-state index in [1.807, 2.05) is 55.7 Å². The molecule has 0 radical (unpaired) electrons. The topological polar surface area (TPSA) is 106 Å². The molecule has 2 aromatic carbocycles. The Kier molecular flexibility index (Phi) is 5.93. The molecule has 8 nitrogen and oxygen atoms in total. The van der Waals surface area contributed by atoms with Gasteiger partial charge in [-0.05, 0) is 49.2 Å². The number of nitrogens with one attached hydrogen (secondary N) is 2. The molecule has 35 heavy (non-hydrogen) atoms. The monoisotopic (exact) mass is 464 g/mol. The van der Waals surface area contributed by atoms with E-state index in [4.69, 9.17) is 4.42 Å². The highest BCUT2D eigenvalue weighted by Crippen LogP contribution is 2.29. The molecular formula is C27H24N6O2. The Morgan fingerprint density at radius 3 is 2.57 bits per heavy atom. The zero-order chi connectivity index (χ0) is 24.4. The Bertz CT molecular complexity index is 1510. The number of aldehydes is 1. The molecule has 3 aromatic heterocycles. The number of hydrogen-bond donors (Lipinski definition) is 2. The first-order valence-electron chi connectivity index (χ1n) is 11.2. The minimum atomic E-state index is -0.00683. The lowest BCUT2D eigenvalue weighted by Gasteiger charge is -2.17. The SMILES string of the molecule is CNc1ncc(-c2cccc(C(C)Nc3cc(-c4ccc5occ(C=O)c5c4)nc(C)n3)c2)cn1. The summed E-state index contributed by atoms with van der Waals surface area (Å²) in [5.74, 6) is 1.95. The Morgan fingerprint density at radius 2 is 1.80 bits per heavy atom. The van der Waals surface area contributed by atoms with Crippen LogP contribution in [0.4, 0.5) is 11.8 Å². The third-order valence-corrected chi connectivity index (χ3v) is 5.82. The predicted octanol–water partition coefficient (Wildman–Crippen LogP) is 5.68. The zero-order valence-corrected chi connectivity index (χ0v) is 19.6. The smallest absolute Gasteiger partial charge is 0.222 e. The summed E-state index contributed by atoms with van der Waals surface area (Å²) < 4.78 is 5.45. The molecule has 174 valence electrons. The van der Waals surface area contributed by atoms with Crippen LogP contribution in [0.2, 0.25) is 0 Å². The summed E-state index contributed by atoms with van der Waals surface area (Å²) in [4.78, 5) is 29.1. The summed E-state index contributed by atoms with van der Waals surface area (Å²) in [5, 5.41) is 7.19. The molecule has 0 bridgehead atoms. The van der Waals surface area contributed by atoms with Gasteiger partial charge in [0, 0.05) is 48.1 Å². The van der Waals surface area contributed by atoms with E-state index in [1.165, 1.54) is 6.26 Å². The summed E-state index contributed by atoms with van der Waals surface area (Å²) in [6.45, 7) is 3.95. The number of aryl methyl sites for hydroxylation is 1. The highest BCUT2D eigenvalue weighted by Gasteiger charge is 2.12. The van der Waals surface area contributed by atoms with Crippen LogP contribution in [0.1, 0.15) is 34.7 Å². The first-order valence-corrected chi connectivity index (χ1v) is 11.2. The fourth-order valence-corrected chi connectivity index (χ4v) is 3.99. The predicted molar refractivity (Wildman–Crippen MR) is 136 cm³/mol. The first-order chi connectivity index (χ1) is 17.0. The average molecular weight is 465 g/mol. The van der Waals surface area contributed by atoms with Crippen molar-refractivity contribution in [2.75, 3.05) is 17.7 Å². The maximum Gasteiger partial charge on any atom is 0.222 e. The van der Waals surface area contributed by atoms with E-state index < -0.39 is 0 Å². The van der Waals surface area contributed by atoms with Crippen molar-refractivity contribution in [2.24, 2.45) is 0 Å². The average Bonchev–Trinajstić information content (AvgIpc) is 3.31. The molecule has 0 saturated heterocycles. The molecule has 1 atom stereocenters. The number of rotatable bonds is 7. The van der Waals surface area contributed by atoms with Crippen molar-refractivity contribution in [3.05, 3.63) is 84.1 Å². The number of carbonyl (C=O) groups is 1. The van der Waals surface area contributed by atoms with Crippen LogP contribution in [0, 0.1) is 6.92 Å². The molecule has 0 aliphatic carbocycles. The summed E-state index contributed by atoms with van der Waals surface area (Å²) in [7, 11) is 1.79. The van der Waals surface area contributed by atoms with E-state index >= 15 is 0 Å². The Morgan fingerprint density at radius 1 is 0.971 bits per heavy atom. The quantitative estimate of drug-likeness (QED) is 0.296. The van der Waals surface area contributed by atoms with E-state index in [1.54, 1.807) is 7.05 Å². The van der Waals surface area contributed by atoms with Crippen molar-refractivity contribution in [1.82, 2.24) is 19.9 Å². The summed E-state index contributed by atoms with van der Waals surface area (Å²) >= 11 is 0. The lowest BCUT2D eigenvalue weighted by Crippen LogP contribution is -2.09. The van der Waals surface area contributed by atoms with Crippen LogP contribution in [-0.2, 0) is 0 Å². The summed E-state index contributed by atoms with van der Waals surface area (Å²) in [6, 6.07) is 15.9. The number of benzene rings is 2. The Labute approximate surface area is 202 Å². The molecule has 8 heteroatoms. The van der Waals surface area contributed by atoms with Gasteiger partial charge in [0.15, 0.2) is 6.29 Å². The van der Waals surface area contributed by atoms with Gasteiger partial charge in [-0.1, -0.05) is 18.2 Å². The van der Waals surface area contributed by atoms with Crippen molar-refractivity contribution in [3.63, 3.8) is 0 Å². The molecule has 0 amide bonds. The normalized spacial score (nSPS) is 11.9. The number of fused-ring (bicyclic) bond motifs is 1. The molecule has 5 rings (SSSR count). The Balaban J connectivity index is 1.41. The van der Waals surface area contributed by atoms with E-state index in [-0.39, 0.29) is 6.04 Å². The fraction of sp³-hybridized carbons (Fsp3) is 0.148. The molecule has 3 heterocycles. The van der Waals surface area contributed by atoms with E-state index in [0.29, 0.717) is 22.9 Å².